The van der Waals surface area contributed by atoms with Crippen LogP contribution in [0.1, 0.15) is 12.5 Å². The molecule has 1 aliphatic rings. The Balaban J connectivity index is 2.20. The normalized spacial score (nSPS) is 20.4. The van der Waals surface area contributed by atoms with Gasteiger partial charge >= 0.3 is 0 Å². The summed E-state index contributed by atoms with van der Waals surface area (Å²) >= 11 is 1.92. The van der Waals surface area contributed by atoms with E-state index in [1.54, 1.807) is 0 Å². The van der Waals surface area contributed by atoms with Gasteiger partial charge in [-0.2, -0.15) is 11.8 Å². The van der Waals surface area contributed by atoms with Crippen LogP contribution in [-0.4, -0.2) is 31.1 Å². The molecule has 0 bridgehead atoms. The standard InChI is InChI=1S/C13H20N2S/c1-11-10-15(7-8-16-2)13-6-4-3-5-12(13)9-14-11/h3-6,11,14H,7-10H2,1-2H3. The average Bonchev–Trinajstić information content (AvgIpc) is 2.47. The molecule has 0 saturated heterocycles. The second-order valence-electron chi connectivity index (χ2n) is 4.35. The molecule has 0 saturated carbocycles. The van der Waals surface area contributed by atoms with Crippen LogP contribution in [0.5, 0.6) is 0 Å². The number of hydrogen-bond acceptors (Lipinski definition) is 3. The molecular weight excluding hydrogens is 216 g/mol. The molecule has 0 radical (unpaired) electrons. The van der Waals surface area contributed by atoms with Gasteiger partial charge in [0.2, 0.25) is 0 Å². The maximum Gasteiger partial charge on any atom is 0.0412 e. The molecule has 16 heavy (non-hydrogen) atoms. The summed E-state index contributed by atoms with van der Waals surface area (Å²) in [4.78, 5) is 2.51. The van der Waals surface area contributed by atoms with Crippen molar-refractivity contribution in [2.24, 2.45) is 0 Å². The Morgan fingerprint density at radius 2 is 2.25 bits per heavy atom. The molecule has 0 fully saturated rings. The summed E-state index contributed by atoms with van der Waals surface area (Å²) in [7, 11) is 0. The molecule has 1 aromatic rings. The monoisotopic (exact) mass is 236 g/mol. The predicted molar refractivity (Wildman–Crippen MR) is 73.3 cm³/mol. The van der Waals surface area contributed by atoms with E-state index in [1.165, 1.54) is 17.0 Å². The quantitative estimate of drug-likeness (QED) is 0.867. The van der Waals surface area contributed by atoms with E-state index in [0.717, 1.165) is 19.6 Å². The lowest BCUT2D eigenvalue weighted by atomic mass is 10.1. The molecule has 1 aromatic carbocycles. The van der Waals surface area contributed by atoms with Gasteiger partial charge in [-0.15, -0.1) is 0 Å². The van der Waals surface area contributed by atoms with Crippen LogP contribution in [0, 0.1) is 0 Å². The molecule has 1 aliphatic heterocycles. The van der Waals surface area contributed by atoms with Gasteiger partial charge in [-0.25, -0.2) is 0 Å². The van der Waals surface area contributed by atoms with Gasteiger partial charge in [0.1, 0.15) is 0 Å². The van der Waals surface area contributed by atoms with Crippen molar-refractivity contribution in [1.29, 1.82) is 0 Å². The van der Waals surface area contributed by atoms with Crippen LogP contribution in [0.4, 0.5) is 5.69 Å². The zero-order valence-corrected chi connectivity index (χ0v) is 10.9. The Hall–Kier alpha value is -0.670. The van der Waals surface area contributed by atoms with E-state index in [1.807, 2.05) is 11.8 Å². The Kier molecular flexibility index (Phi) is 4.13. The van der Waals surface area contributed by atoms with E-state index < -0.39 is 0 Å². The Labute approximate surface area is 102 Å². The van der Waals surface area contributed by atoms with Crippen molar-refractivity contribution in [3.63, 3.8) is 0 Å². The third kappa shape index (κ3) is 2.71. The van der Waals surface area contributed by atoms with Crippen molar-refractivity contribution in [1.82, 2.24) is 5.32 Å². The number of anilines is 1. The van der Waals surface area contributed by atoms with Gasteiger partial charge in [-0.05, 0) is 24.8 Å². The summed E-state index contributed by atoms with van der Waals surface area (Å²) in [6, 6.07) is 9.31. The molecule has 88 valence electrons. The molecule has 0 amide bonds. The van der Waals surface area contributed by atoms with E-state index in [4.69, 9.17) is 0 Å². The number of para-hydroxylation sites is 1. The minimum Gasteiger partial charge on any atom is -0.369 e. The van der Waals surface area contributed by atoms with Crippen molar-refractivity contribution in [3.05, 3.63) is 29.8 Å². The third-order valence-electron chi connectivity index (χ3n) is 3.03. The molecule has 2 rings (SSSR count). The lowest BCUT2D eigenvalue weighted by Gasteiger charge is -2.26. The summed E-state index contributed by atoms with van der Waals surface area (Å²) in [6.07, 6.45) is 2.17. The minimum absolute atomic E-state index is 0.564. The van der Waals surface area contributed by atoms with E-state index in [0.29, 0.717) is 6.04 Å². The predicted octanol–water partition coefficient (Wildman–Crippen LogP) is 2.35. The summed E-state index contributed by atoms with van der Waals surface area (Å²) < 4.78 is 0. The van der Waals surface area contributed by atoms with Crippen molar-refractivity contribution in [2.75, 3.05) is 30.0 Å². The van der Waals surface area contributed by atoms with Gasteiger partial charge in [0, 0.05) is 37.1 Å². The van der Waals surface area contributed by atoms with E-state index in [9.17, 15) is 0 Å². The van der Waals surface area contributed by atoms with Crippen LogP contribution in [-0.2, 0) is 6.54 Å². The topological polar surface area (TPSA) is 15.3 Å². The van der Waals surface area contributed by atoms with E-state index in [2.05, 4.69) is 47.7 Å². The Morgan fingerprint density at radius 1 is 1.44 bits per heavy atom. The smallest absolute Gasteiger partial charge is 0.0412 e. The highest BCUT2D eigenvalue weighted by atomic mass is 32.2. The average molecular weight is 236 g/mol. The van der Waals surface area contributed by atoms with Crippen LogP contribution >= 0.6 is 11.8 Å². The van der Waals surface area contributed by atoms with Crippen molar-refractivity contribution >= 4 is 17.4 Å². The molecule has 0 spiro atoms. The SMILES string of the molecule is CSCCN1CC(C)NCc2ccccc21. The summed E-state index contributed by atoms with van der Waals surface area (Å²) in [6.45, 7) is 5.51. The van der Waals surface area contributed by atoms with Crippen LogP contribution in [0.25, 0.3) is 0 Å². The largest absolute Gasteiger partial charge is 0.369 e. The van der Waals surface area contributed by atoms with Crippen LogP contribution < -0.4 is 10.2 Å². The highest BCUT2D eigenvalue weighted by Crippen LogP contribution is 2.23. The first-order valence-corrected chi connectivity index (χ1v) is 7.26. The van der Waals surface area contributed by atoms with Gasteiger partial charge in [-0.3, -0.25) is 0 Å². The zero-order valence-electron chi connectivity index (χ0n) is 10.1. The van der Waals surface area contributed by atoms with Gasteiger partial charge in [0.15, 0.2) is 0 Å². The molecular formula is C13H20N2S. The Morgan fingerprint density at radius 3 is 3.06 bits per heavy atom. The first-order valence-electron chi connectivity index (χ1n) is 5.86. The second kappa shape index (κ2) is 5.60. The second-order valence-corrected chi connectivity index (χ2v) is 5.34. The molecule has 0 aromatic heterocycles. The summed E-state index contributed by atoms with van der Waals surface area (Å²) in [5.41, 5.74) is 2.83. The maximum atomic E-state index is 3.56. The summed E-state index contributed by atoms with van der Waals surface area (Å²) in [5.74, 6) is 1.20. The third-order valence-corrected chi connectivity index (χ3v) is 3.62. The first kappa shape index (κ1) is 11.8. The summed E-state index contributed by atoms with van der Waals surface area (Å²) in [5, 5.41) is 3.56. The van der Waals surface area contributed by atoms with Crippen molar-refractivity contribution in [3.8, 4) is 0 Å². The molecule has 1 N–H and O–H groups in total. The van der Waals surface area contributed by atoms with Gasteiger partial charge in [0.05, 0.1) is 0 Å². The first-order chi connectivity index (χ1) is 7.81. The van der Waals surface area contributed by atoms with Gasteiger partial charge in [-0.1, -0.05) is 18.2 Å². The molecule has 0 aliphatic carbocycles. The number of hydrogen-bond donors (Lipinski definition) is 1. The number of nitrogens with zero attached hydrogens (tertiary/aromatic N) is 1. The number of fused-ring (bicyclic) bond motifs is 1. The zero-order chi connectivity index (χ0) is 11.4. The van der Waals surface area contributed by atoms with Crippen LogP contribution in [0.3, 0.4) is 0 Å². The van der Waals surface area contributed by atoms with Crippen LogP contribution in [0.15, 0.2) is 24.3 Å². The number of thioether (sulfide) groups is 1. The van der Waals surface area contributed by atoms with Crippen molar-refractivity contribution < 1.29 is 0 Å². The highest BCUT2D eigenvalue weighted by Gasteiger charge is 2.17. The molecule has 1 atom stereocenters. The Bertz CT molecular complexity index is 340. The fraction of sp³-hybridized carbons (Fsp3) is 0.538. The van der Waals surface area contributed by atoms with Crippen molar-refractivity contribution in [2.45, 2.75) is 19.5 Å². The number of nitrogens with one attached hydrogen (secondary N) is 1. The number of benzene rings is 1. The molecule has 1 unspecified atom stereocenters. The van der Waals surface area contributed by atoms with E-state index >= 15 is 0 Å². The minimum atomic E-state index is 0.564. The molecule has 3 heteroatoms. The molecule has 2 nitrogen and oxygen atoms in total. The van der Waals surface area contributed by atoms with Crippen LogP contribution in [0.2, 0.25) is 0 Å². The van der Waals surface area contributed by atoms with Gasteiger partial charge < -0.3 is 10.2 Å². The highest BCUT2D eigenvalue weighted by molar-refractivity contribution is 7.98. The fourth-order valence-corrected chi connectivity index (χ4v) is 2.56. The fourth-order valence-electron chi connectivity index (χ4n) is 2.16. The molecule has 1 heterocycles. The van der Waals surface area contributed by atoms with E-state index in [-0.39, 0.29) is 0 Å². The lowest BCUT2D eigenvalue weighted by molar-refractivity contribution is 0.557. The number of rotatable bonds is 3. The lowest BCUT2D eigenvalue weighted by Crippen LogP contribution is -2.37. The maximum absolute atomic E-state index is 3.56. The van der Waals surface area contributed by atoms with Gasteiger partial charge in [0.25, 0.3) is 0 Å².